The molecule has 0 amide bonds. The van der Waals surface area contributed by atoms with Crippen LogP contribution in [0.3, 0.4) is 0 Å². The van der Waals surface area contributed by atoms with Gasteiger partial charge in [-0.3, -0.25) is 14.8 Å². The summed E-state index contributed by atoms with van der Waals surface area (Å²) in [6.07, 6.45) is 0.801. The van der Waals surface area contributed by atoms with Crippen LogP contribution in [0.4, 0.5) is 11.4 Å². The summed E-state index contributed by atoms with van der Waals surface area (Å²) in [7, 11) is -4.20. The fraction of sp³-hybridized carbons (Fsp3) is 0.400. The Hall–Kier alpha value is -2.32. The minimum absolute atomic E-state index is 0.0112. The quantitative estimate of drug-likeness (QED) is 0.451. The molecule has 0 aliphatic heterocycles. The smallest absolute Gasteiger partial charge is 0.271 e. The van der Waals surface area contributed by atoms with Gasteiger partial charge in [-0.2, -0.15) is 0 Å². The number of nitrogens with one attached hydrogen (secondary N) is 1. The third kappa shape index (κ3) is 5.00. The molecule has 0 heterocycles. The minimum Gasteiger partial charge on any atom is -0.506 e. The molecule has 0 fully saturated rings. The van der Waals surface area contributed by atoms with Crippen molar-refractivity contribution in [1.82, 2.24) is 0 Å². The highest BCUT2D eigenvalue weighted by molar-refractivity contribution is 7.92. The zero-order valence-electron chi connectivity index (χ0n) is 17.0. The van der Waals surface area contributed by atoms with E-state index in [0.29, 0.717) is 5.56 Å². The van der Waals surface area contributed by atoms with Gasteiger partial charge in [0.25, 0.3) is 15.7 Å². The Bertz CT molecular complexity index is 1050. The average molecular weight is 441 g/mol. The first-order valence-electron chi connectivity index (χ1n) is 9.12. The predicted molar refractivity (Wildman–Crippen MR) is 114 cm³/mol. The summed E-state index contributed by atoms with van der Waals surface area (Å²) in [6, 6.07) is 6.73. The topological polar surface area (TPSA) is 110 Å². The van der Waals surface area contributed by atoms with Gasteiger partial charge in [-0.1, -0.05) is 52.3 Å². The molecule has 1 atom stereocenters. The highest BCUT2D eigenvalue weighted by Gasteiger charge is 2.28. The maximum atomic E-state index is 13.1. The van der Waals surface area contributed by atoms with E-state index in [1.165, 1.54) is 12.1 Å². The lowest BCUT2D eigenvalue weighted by atomic mass is 9.83. The van der Waals surface area contributed by atoms with Crippen molar-refractivity contribution in [2.24, 2.45) is 0 Å². The van der Waals surface area contributed by atoms with E-state index in [1.807, 2.05) is 40.7 Å². The van der Waals surface area contributed by atoms with Crippen LogP contribution in [0.2, 0.25) is 5.02 Å². The monoisotopic (exact) mass is 440 g/mol. The summed E-state index contributed by atoms with van der Waals surface area (Å²) in [5, 5.41) is 21.5. The number of benzene rings is 2. The number of phenolic OH excluding ortho intramolecular Hbond substituents is 1. The van der Waals surface area contributed by atoms with Gasteiger partial charge in [-0.25, -0.2) is 8.42 Å². The summed E-state index contributed by atoms with van der Waals surface area (Å²) in [4.78, 5) is 9.97. The van der Waals surface area contributed by atoms with Crippen LogP contribution in [0.15, 0.2) is 35.2 Å². The average Bonchev–Trinajstić information content (AvgIpc) is 2.61. The molecule has 2 N–H and O–H groups in total. The van der Waals surface area contributed by atoms with Crippen molar-refractivity contribution in [3.8, 4) is 5.75 Å². The van der Waals surface area contributed by atoms with E-state index in [2.05, 4.69) is 4.72 Å². The van der Waals surface area contributed by atoms with Crippen molar-refractivity contribution in [3.63, 3.8) is 0 Å². The maximum Gasteiger partial charge on any atom is 0.271 e. The molecule has 7 nitrogen and oxygen atoms in total. The van der Waals surface area contributed by atoms with Gasteiger partial charge in [0.1, 0.15) is 10.6 Å². The van der Waals surface area contributed by atoms with Crippen LogP contribution in [0.1, 0.15) is 58.1 Å². The van der Waals surface area contributed by atoms with Gasteiger partial charge in [0.2, 0.25) is 0 Å². The maximum absolute atomic E-state index is 13.1. The van der Waals surface area contributed by atoms with Gasteiger partial charge in [-0.05, 0) is 35.4 Å². The van der Waals surface area contributed by atoms with Crippen LogP contribution in [0, 0.1) is 10.1 Å². The van der Waals surface area contributed by atoms with Crippen molar-refractivity contribution >= 4 is 33.0 Å². The molecule has 0 aliphatic rings. The first kappa shape index (κ1) is 23.0. The number of nitro benzene ring substituents is 1. The predicted octanol–water partition coefficient (Wildman–Crippen LogP) is 5.57. The Kier molecular flexibility index (Phi) is 6.49. The van der Waals surface area contributed by atoms with Crippen molar-refractivity contribution < 1.29 is 18.4 Å². The number of aromatic hydroxyl groups is 1. The molecule has 0 radical (unpaired) electrons. The number of hydrogen-bond acceptors (Lipinski definition) is 5. The van der Waals surface area contributed by atoms with Crippen molar-refractivity contribution in [2.75, 3.05) is 4.72 Å². The fourth-order valence-electron chi connectivity index (χ4n) is 2.83. The van der Waals surface area contributed by atoms with Crippen LogP contribution in [-0.4, -0.2) is 18.4 Å². The molecule has 0 saturated heterocycles. The lowest BCUT2D eigenvalue weighted by Gasteiger charge is -2.25. The van der Waals surface area contributed by atoms with Gasteiger partial charge in [0.15, 0.2) is 0 Å². The second-order valence-corrected chi connectivity index (χ2v) is 10.1. The Morgan fingerprint density at radius 3 is 2.34 bits per heavy atom. The summed E-state index contributed by atoms with van der Waals surface area (Å²) in [5.41, 5.74) is 0.566. The Balaban J connectivity index is 2.61. The fourth-order valence-corrected chi connectivity index (χ4v) is 4.34. The second kappa shape index (κ2) is 8.20. The van der Waals surface area contributed by atoms with Gasteiger partial charge >= 0.3 is 0 Å². The lowest BCUT2D eigenvalue weighted by Crippen LogP contribution is -2.18. The van der Waals surface area contributed by atoms with E-state index in [1.54, 1.807) is 0 Å². The lowest BCUT2D eigenvalue weighted by molar-refractivity contribution is -0.384. The molecule has 158 valence electrons. The molecule has 2 aromatic rings. The van der Waals surface area contributed by atoms with Gasteiger partial charge in [0, 0.05) is 17.7 Å². The van der Waals surface area contributed by atoms with E-state index >= 15 is 0 Å². The zero-order chi connectivity index (χ0) is 22.1. The minimum atomic E-state index is -4.20. The molecule has 0 spiro atoms. The van der Waals surface area contributed by atoms with Gasteiger partial charge in [0.05, 0.1) is 15.6 Å². The Morgan fingerprint density at radius 2 is 1.86 bits per heavy atom. The van der Waals surface area contributed by atoms with Crippen LogP contribution < -0.4 is 4.72 Å². The number of hydrogen-bond donors (Lipinski definition) is 2. The van der Waals surface area contributed by atoms with E-state index in [4.69, 9.17) is 11.6 Å². The van der Waals surface area contributed by atoms with E-state index < -0.39 is 20.4 Å². The largest absolute Gasteiger partial charge is 0.506 e. The molecule has 2 rings (SSSR count). The molecule has 0 aromatic heterocycles. The van der Waals surface area contributed by atoms with Crippen molar-refractivity contribution in [3.05, 3.63) is 56.6 Å². The molecular formula is C20H25ClN2O5S. The molecule has 0 saturated carbocycles. The summed E-state index contributed by atoms with van der Waals surface area (Å²) < 4.78 is 28.5. The Morgan fingerprint density at radius 1 is 1.24 bits per heavy atom. The van der Waals surface area contributed by atoms with Crippen LogP contribution in [0.25, 0.3) is 0 Å². The number of rotatable bonds is 6. The third-order valence-corrected chi connectivity index (χ3v) is 6.48. The van der Waals surface area contributed by atoms with E-state index in [0.717, 1.165) is 24.1 Å². The number of nitro groups is 1. The molecule has 2 aromatic carbocycles. The third-order valence-electron chi connectivity index (χ3n) is 4.78. The summed E-state index contributed by atoms with van der Waals surface area (Å²) in [5.74, 6) is -0.233. The molecule has 1 unspecified atom stereocenters. The second-order valence-electron chi connectivity index (χ2n) is 8.00. The zero-order valence-corrected chi connectivity index (χ0v) is 18.6. The number of nitrogens with zero attached hydrogens (tertiary/aromatic N) is 1. The first-order chi connectivity index (χ1) is 13.3. The van der Waals surface area contributed by atoms with E-state index in [9.17, 15) is 23.6 Å². The molecular weight excluding hydrogens is 416 g/mol. The Labute approximate surface area is 175 Å². The summed E-state index contributed by atoms with van der Waals surface area (Å²) >= 11 is 6.02. The van der Waals surface area contributed by atoms with Crippen molar-refractivity contribution in [2.45, 2.75) is 57.3 Å². The van der Waals surface area contributed by atoms with Crippen molar-refractivity contribution in [1.29, 1.82) is 0 Å². The number of anilines is 1. The number of non-ortho nitro benzene ring substituents is 1. The molecule has 29 heavy (non-hydrogen) atoms. The van der Waals surface area contributed by atoms with Crippen LogP contribution in [0.5, 0.6) is 5.75 Å². The van der Waals surface area contributed by atoms with E-state index in [-0.39, 0.29) is 33.0 Å². The molecule has 9 heteroatoms. The SMILES string of the molecule is CCC(C)c1cc(C(C)(C)C)c(O)c(S(=O)(=O)Nc2ccc([N+](=O)[O-])cc2Cl)c1. The summed E-state index contributed by atoms with van der Waals surface area (Å²) in [6.45, 7) is 9.64. The first-order valence-corrected chi connectivity index (χ1v) is 11.0. The number of sulfonamides is 1. The number of phenols is 1. The van der Waals surface area contributed by atoms with Gasteiger partial charge < -0.3 is 5.11 Å². The molecule has 0 bridgehead atoms. The van der Waals surface area contributed by atoms with Gasteiger partial charge in [-0.15, -0.1) is 0 Å². The normalized spacial score (nSPS) is 13.2. The molecule has 0 aliphatic carbocycles. The highest BCUT2D eigenvalue weighted by Crippen LogP contribution is 2.40. The van der Waals surface area contributed by atoms with Crippen LogP contribution >= 0.6 is 11.6 Å². The highest BCUT2D eigenvalue weighted by atomic mass is 35.5. The standard InChI is InChI=1S/C20H25ClN2O5S/c1-6-12(2)13-9-15(20(3,4)5)19(24)18(10-13)29(27,28)22-17-8-7-14(23(25)26)11-16(17)21/h7-12,22,24H,6H2,1-5H3. The number of halogens is 1. The van der Waals surface area contributed by atoms with Crippen LogP contribution in [-0.2, 0) is 15.4 Å².